The van der Waals surface area contributed by atoms with Crippen LogP contribution in [-0.4, -0.2) is 30.9 Å². The Kier molecular flexibility index (Phi) is 4.73. The molecule has 4 aromatic rings. The molecule has 1 aromatic carbocycles. The molecular weight excluding hydrogens is 364 g/mol. The summed E-state index contributed by atoms with van der Waals surface area (Å²) in [6.45, 7) is 0. The normalized spacial score (nSPS) is 11.0. The number of nitrogens with zero attached hydrogens (tertiary/aromatic N) is 4. The zero-order valence-electron chi connectivity index (χ0n) is 14.1. The number of aromatic nitrogens is 4. The summed E-state index contributed by atoms with van der Waals surface area (Å²) in [5.41, 5.74) is 1.68. The van der Waals surface area contributed by atoms with Crippen LogP contribution in [0.15, 0.2) is 71.3 Å². The lowest BCUT2D eigenvalue weighted by Crippen LogP contribution is -2.08. The van der Waals surface area contributed by atoms with Gasteiger partial charge in [0.15, 0.2) is 16.8 Å². The molecule has 5 nitrogen and oxygen atoms in total. The molecule has 0 atom stereocenters. The first kappa shape index (κ1) is 16.8. The Morgan fingerprint density at radius 3 is 2.62 bits per heavy atom. The number of ketones is 1. The molecule has 3 aromatic heterocycles. The van der Waals surface area contributed by atoms with Crippen LogP contribution in [0.5, 0.6) is 0 Å². The van der Waals surface area contributed by atoms with Crippen LogP contribution in [0.3, 0.4) is 0 Å². The van der Waals surface area contributed by atoms with Gasteiger partial charge in [-0.15, -0.1) is 21.5 Å². The number of para-hydroxylation sites is 1. The van der Waals surface area contributed by atoms with E-state index in [0.717, 1.165) is 16.4 Å². The van der Waals surface area contributed by atoms with E-state index in [1.165, 1.54) is 11.8 Å². The summed E-state index contributed by atoms with van der Waals surface area (Å²) in [5, 5.41) is 11.5. The third-order valence-corrected chi connectivity index (χ3v) is 5.75. The smallest absolute Gasteiger partial charge is 0.196 e. The van der Waals surface area contributed by atoms with Crippen LogP contribution >= 0.6 is 23.1 Å². The molecule has 0 unspecified atom stereocenters. The van der Waals surface area contributed by atoms with Crippen molar-refractivity contribution in [2.45, 2.75) is 5.16 Å². The topological polar surface area (TPSA) is 52.7 Å². The van der Waals surface area contributed by atoms with E-state index >= 15 is 0 Å². The van der Waals surface area contributed by atoms with Gasteiger partial charge in [0.05, 0.1) is 16.3 Å². The molecule has 0 radical (unpaired) electrons. The zero-order chi connectivity index (χ0) is 17.9. The fraction of sp³-hybridized carbons (Fsp3) is 0.105. The van der Waals surface area contributed by atoms with Crippen molar-refractivity contribution in [3.8, 4) is 16.4 Å². The summed E-state index contributed by atoms with van der Waals surface area (Å²) in [6, 6.07) is 17.7. The molecule has 0 fully saturated rings. The Balaban J connectivity index is 1.66. The number of hydrogen-bond acceptors (Lipinski definition) is 5. The number of hydrogen-bond donors (Lipinski definition) is 0. The second-order valence-electron chi connectivity index (χ2n) is 5.67. The minimum absolute atomic E-state index is 0.0720. The molecule has 0 saturated heterocycles. The number of Topliss-reactive ketones (excluding diaryl/α,β-unsaturated/α-hetero) is 1. The van der Waals surface area contributed by atoms with Crippen LogP contribution in [0, 0.1) is 0 Å². The van der Waals surface area contributed by atoms with Gasteiger partial charge in [0.25, 0.3) is 0 Å². The Labute approximate surface area is 159 Å². The maximum atomic E-state index is 12.5. The molecule has 0 bridgehead atoms. The van der Waals surface area contributed by atoms with Crippen molar-refractivity contribution in [3.05, 3.63) is 71.9 Å². The molecule has 0 aliphatic heterocycles. The molecule has 0 aliphatic carbocycles. The zero-order valence-corrected chi connectivity index (χ0v) is 15.7. The van der Waals surface area contributed by atoms with E-state index in [-0.39, 0.29) is 5.78 Å². The summed E-state index contributed by atoms with van der Waals surface area (Å²) in [7, 11) is 1.87. The van der Waals surface area contributed by atoms with Crippen LogP contribution in [-0.2, 0) is 7.05 Å². The van der Waals surface area contributed by atoms with Gasteiger partial charge in [-0.25, -0.2) is 0 Å². The molecule has 0 amide bonds. The highest BCUT2D eigenvalue weighted by molar-refractivity contribution is 7.99. The molecule has 0 spiro atoms. The van der Waals surface area contributed by atoms with Gasteiger partial charge >= 0.3 is 0 Å². The van der Waals surface area contributed by atoms with E-state index in [1.54, 1.807) is 11.3 Å². The highest BCUT2D eigenvalue weighted by Crippen LogP contribution is 2.30. The maximum absolute atomic E-state index is 12.5. The van der Waals surface area contributed by atoms with Gasteiger partial charge in [-0.3, -0.25) is 9.36 Å². The Hall–Kier alpha value is -2.64. The summed E-state index contributed by atoms with van der Waals surface area (Å²) in [6.07, 6.45) is 1.87. The second-order valence-corrected chi connectivity index (χ2v) is 7.56. The van der Waals surface area contributed by atoms with Gasteiger partial charge in [0, 0.05) is 18.9 Å². The van der Waals surface area contributed by atoms with Crippen LogP contribution in [0.1, 0.15) is 10.5 Å². The van der Waals surface area contributed by atoms with Gasteiger partial charge in [-0.1, -0.05) is 36.0 Å². The minimum atomic E-state index is 0.0720. The summed E-state index contributed by atoms with van der Waals surface area (Å²) in [5.74, 6) is 1.18. The van der Waals surface area contributed by atoms with Crippen LogP contribution < -0.4 is 0 Å². The first-order valence-corrected chi connectivity index (χ1v) is 9.92. The molecular formula is C19H16N4OS2. The van der Waals surface area contributed by atoms with Crippen molar-refractivity contribution in [2.24, 2.45) is 7.05 Å². The first-order valence-electron chi connectivity index (χ1n) is 8.06. The van der Waals surface area contributed by atoms with Gasteiger partial charge < -0.3 is 4.57 Å². The molecule has 0 aliphatic rings. The lowest BCUT2D eigenvalue weighted by Gasteiger charge is -2.09. The predicted octanol–water partition coefficient (Wildman–Crippen LogP) is 4.31. The average Bonchev–Trinajstić information content (AvgIpc) is 3.40. The molecule has 4 rings (SSSR count). The lowest BCUT2D eigenvalue weighted by molar-refractivity contribution is 0.101. The summed E-state index contributed by atoms with van der Waals surface area (Å²) >= 11 is 3.03. The molecule has 26 heavy (non-hydrogen) atoms. The molecule has 7 heteroatoms. The molecule has 3 heterocycles. The fourth-order valence-electron chi connectivity index (χ4n) is 2.69. The highest BCUT2D eigenvalue weighted by Gasteiger charge is 2.18. The molecule has 0 N–H and O–H groups in total. The second kappa shape index (κ2) is 7.31. The first-order chi connectivity index (χ1) is 12.7. The van der Waals surface area contributed by atoms with E-state index < -0.39 is 0 Å². The van der Waals surface area contributed by atoms with Crippen LogP contribution in [0.25, 0.3) is 16.4 Å². The minimum Gasteiger partial charge on any atom is -0.348 e. The Bertz CT molecular complexity index is 1020. The van der Waals surface area contributed by atoms with Gasteiger partial charge in [-0.05, 0) is 35.7 Å². The number of benzene rings is 1. The summed E-state index contributed by atoms with van der Waals surface area (Å²) < 4.78 is 3.84. The van der Waals surface area contributed by atoms with E-state index in [9.17, 15) is 4.79 Å². The number of carbonyl (C=O) groups excluding carboxylic acids is 1. The lowest BCUT2D eigenvalue weighted by atomic mass is 10.3. The quantitative estimate of drug-likeness (QED) is 0.369. The maximum Gasteiger partial charge on any atom is 0.196 e. The largest absolute Gasteiger partial charge is 0.348 e. The molecule has 130 valence electrons. The van der Waals surface area contributed by atoms with Crippen molar-refractivity contribution in [1.82, 2.24) is 19.3 Å². The summed E-state index contributed by atoms with van der Waals surface area (Å²) in [4.78, 5) is 13.5. The van der Waals surface area contributed by atoms with Crippen molar-refractivity contribution in [2.75, 3.05) is 5.75 Å². The third kappa shape index (κ3) is 3.23. The average molecular weight is 380 g/mol. The predicted molar refractivity (Wildman–Crippen MR) is 105 cm³/mol. The Morgan fingerprint density at radius 1 is 1.08 bits per heavy atom. The van der Waals surface area contributed by atoms with E-state index in [1.807, 2.05) is 82.4 Å². The monoisotopic (exact) mass is 380 g/mol. The fourth-order valence-corrected chi connectivity index (χ4v) is 4.22. The van der Waals surface area contributed by atoms with Crippen LogP contribution in [0.2, 0.25) is 0 Å². The number of aryl methyl sites for hydroxylation is 1. The Morgan fingerprint density at radius 2 is 1.92 bits per heavy atom. The van der Waals surface area contributed by atoms with Crippen molar-refractivity contribution < 1.29 is 4.79 Å². The van der Waals surface area contributed by atoms with E-state index in [2.05, 4.69) is 10.2 Å². The molecule has 0 saturated carbocycles. The van der Waals surface area contributed by atoms with E-state index in [0.29, 0.717) is 16.6 Å². The standard InChI is InChI=1S/C19H16N4OS2/c1-22-11-5-9-15(22)16(24)13-26-19-21-20-18(17-10-6-12-25-17)23(19)14-7-3-2-4-8-14/h2-12H,13H2,1H3. The van der Waals surface area contributed by atoms with Gasteiger partial charge in [-0.2, -0.15) is 0 Å². The van der Waals surface area contributed by atoms with E-state index in [4.69, 9.17) is 0 Å². The van der Waals surface area contributed by atoms with Crippen molar-refractivity contribution in [1.29, 1.82) is 0 Å². The van der Waals surface area contributed by atoms with Crippen molar-refractivity contribution >= 4 is 28.9 Å². The number of carbonyl (C=O) groups is 1. The third-order valence-electron chi connectivity index (χ3n) is 3.95. The van der Waals surface area contributed by atoms with Gasteiger partial charge in [0.1, 0.15) is 0 Å². The van der Waals surface area contributed by atoms with Gasteiger partial charge in [0.2, 0.25) is 0 Å². The van der Waals surface area contributed by atoms with Crippen molar-refractivity contribution in [3.63, 3.8) is 0 Å². The van der Waals surface area contributed by atoms with Crippen LogP contribution in [0.4, 0.5) is 0 Å². The number of rotatable bonds is 6. The number of thiophene rings is 1. The highest BCUT2D eigenvalue weighted by atomic mass is 32.2. The SMILES string of the molecule is Cn1cccc1C(=O)CSc1nnc(-c2cccs2)n1-c1ccccc1. The number of thioether (sulfide) groups is 1.